The highest BCUT2D eigenvalue weighted by Crippen LogP contribution is 2.36. The Bertz CT molecular complexity index is 1290. The number of nitrogens with zero attached hydrogens (tertiary/aromatic N) is 3. The molecule has 10 heteroatoms. The molecular formula is C33H37F6N3O. The fourth-order valence-electron chi connectivity index (χ4n) is 5.50. The number of benzene rings is 3. The number of hydrogen-bond donors (Lipinski definition) is 0. The minimum atomic E-state index is -4.94. The largest absolute Gasteiger partial charge is 0.416 e. The zero-order valence-corrected chi connectivity index (χ0v) is 24.3. The predicted octanol–water partition coefficient (Wildman–Crippen LogP) is 7.11. The summed E-state index contributed by atoms with van der Waals surface area (Å²) in [4.78, 5) is 20.4. The molecule has 3 aromatic rings. The normalized spacial score (nSPS) is 15.9. The Morgan fingerprint density at radius 1 is 0.698 bits per heavy atom. The van der Waals surface area contributed by atoms with Gasteiger partial charge in [-0.05, 0) is 61.6 Å². The summed E-state index contributed by atoms with van der Waals surface area (Å²) in [6, 6.07) is 20.2. The second-order valence-electron chi connectivity index (χ2n) is 11.2. The highest BCUT2D eigenvalue weighted by atomic mass is 19.4. The number of amides is 1. The summed E-state index contributed by atoms with van der Waals surface area (Å²) in [5.41, 5.74) is -1.06. The van der Waals surface area contributed by atoms with Crippen LogP contribution in [0, 0.1) is 0 Å². The van der Waals surface area contributed by atoms with Crippen LogP contribution >= 0.6 is 0 Å². The van der Waals surface area contributed by atoms with Crippen molar-refractivity contribution in [1.82, 2.24) is 14.7 Å². The van der Waals surface area contributed by atoms with Gasteiger partial charge in [0.05, 0.1) is 11.1 Å². The van der Waals surface area contributed by atoms with Crippen molar-refractivity contribution in [1.29, 1.82) is 0 Å². The van der Waals surface area contributed by atoms with Gasteiger partial charge < -0.3 is 4.90 Å². The highest BCUT2D eigenvalue weighted by molar-refractivity contribution is 5.83. The molecular weight excluding hydrogens is 568 g/mol. The van der Waals surface area contributed by atoms with E-state index in [0.29, 0.717) is 25.6 Å². The minimum absolute atomic E-state index is 0.0282. The molecule has 1 aliphatic heterocycles. The number of hydrogen-bond acceptors (Lipinski definition) is 3. The summed E-state index contributed by atoms with van der Waals surface area (Å²) in [5, 5.41) is 0. The van der Waals surface area contributed by atoms with Crippen molar-refractivity contribution in [3.05, 3.63) is 107 Å². The number of piperazine rings is 1. The average molecular weight is 606 g/mol. The van der Waals surface area contributed by atoms with Crippen LogP contribution < -0.4 is 0 Å². The summed E-state index contributed by atoms with van der Waals surface area (Å²) < 4.78 is 81.0. The lowest BCUT2D eigenvalue weighted by Crippen LogP contribution is -2.53. The lowest BCUT2D eigenvalue weighted by Gasteiger charge is -2.41. The Kier molecular flexibility index (Phi) is 10.6. The molecule has 0 spiro atoms. The molecule has 232 valence electrons. The molecule has 4 rings (SSSR count). The number of alkyl halides is 6. The van der Waals surface area contributed by atoms with Gasteiger partial charge in [-0.3, -0.25) is 14.6 Å². The van der Waals surface area contributed by atoms with Crippen LogP contribution in [0.2, 0.25) is 0 Å². The molecule has 0 aliphatic carbocycles. The monoisotopic (exact) mass is 605 g/mol. The van der Waals surface area contributed by atoms with Gasteiger partial charge in [-0.25, -0.2) is 0 Å². The van der Waals surface area contributed by atoms with Gasteiger partial charge in [0.1, 0.15) is 6.04 Å². The summed E-state index contributed by atoms with van der Waals surface area (Å²) in [6.45, 7) is 7.35. The van der Waals surface area contributed by atoms with Gasteiger partial charge in [-0.15, -0.1) is 0 Å². The highest BCUT2D eigenvalue weighted by Gasteiger charge is 2.37. The number of rotatable bonds is 10. The molecule has 0 bridgehead atoms. The number of carbonyl (C=O) groups excluding carboxylic acids is 1. The van der Waals surface area contributed by atoms with Crippen molar-refractivity contribution in [3.63, 3.8) is 0 Å². The van der Waals surface area contributed by atoms with E-state index in [1.807, 2.05) is 60.7 Å². The van der Waals surface area contributed by atoms with Gasteiger partial charge in [-0.1, -0.05) is 60.7 Å². The molecule has 43 heavy (non-hydrogen) atoms. The average Bonchev–Trinajstić information content (AvgIpc) is 2.97. The first-order chi connectivity index (χ1) is 20.3. The van der Waals surface area contributed by atoms with E-state index >= 15 is 0 Å². The zero-order chi connectivity index (χ0) is 31.2. The Labute approximate surface area is 248 Å². The minimum Gasteiger partial charge on any atom is -0.340 e. The van der Waals surface area contributed by atoms with E-state index in [9.17, 15) is 31.1 Å². The molecule has 1 atom stereocenters. The third-order valence-corrected chi connectivity index (χ3v) is 7.94. The van der Waals surface area contributed by atoms with Gasteiger partial charge in [0, 0.05) is 45.3 Å². The molecule has 0 radical (unpaired) electrons. The van der Waals surface area contributed by atoms with Crippen molar-refractivity contribution in [2.75, 3.05) is 39.3 Å². The third kappa shape index (κ3) is 8.83. The Balaban J connectivity index is 1.64. The van der Waals surface area contributed by atoms with Crippen LogP contribution in [0.4, 0.5) is 26.3 Å². The Morgan fingerprint density at radius 3 is 1.65 bits per heavy atom. The molecule has 1 amide bonds. The van der Waals surface area contributed by atoms with Gasteiger partial charge >= 0.3 is 12.4 Å². The topological polar surface area (TPSA) is 26.8 Å². The van der Waals surface area contributed by atoms with Gasteiger partial charge in [-0.2, -0.15) is 26.3 Å². The Morgan fingerprint density at radius 2 is 1.16 bits per heavy atom. The second kappa shape index (κ2) is 13.9. The molecule has 0 N–H and O–H groups in total. The molecule has 4 nitrogen and oxygen atoms in total. The first kappa shape index (κ1) is 32.5. The van der Waals surface area contributed by atoms with Crippen molar-refractivity contribution < 1.29 is 31.1 Å². The van der Waals surface area contributed by atoms with Gasteiger partial charge in [0.25, 0.3) is 0 Å². The Hall–Kier alpha value is -3.37. The van der Waals surface area contributed by atoms with Gasteiger partial charge in [0.15, 0.2) is 0 Å². The predicted molar refractivity (Wildman–Crippen MR) is 154 cm³/mol. The summed E-state index contributed by atoms with van der Waals surface area (Å²) in [6.07, 6.45) is -9.54. The number of halogens is 6. The quantitative estimate of drug-likeness (QED) is 0.231. The van der Waals surface area contributed by atoms with Crippen molar-refractivity contribution in [2.24, 2.45) is 0 Å². The smallest absolute Gasteiger partial charge is 0.340 e. The van der Waals surface area contributed by atoms with Crippen molar-refractivity contribution >= 4 is 5.91 Å². The van der Waals surface area contributed by atoms with E-state index in [0.717, 1.165) is 36.3 Å². The molecule has 1 unspecified atom stereocenters. The number of carbonyl (C=O) groups is 1. The third-order valence-electron chi connectivity index (χ3n) is 7.94. The lowest BCUT2D eigenvalue weighted by molar-refractivity contribution is -0.143. The lowest BCUT2D eigenvalue weighted by atomic mass is 10.00. The first-order valence-electron chi connectivity index (χ1n) is 14.5. The maximum atomic E-state index is 14.4. The fraction of sp³-hybridized carbons (Fsp3) is 0.424. The van der Waals surface area contributed by atoms with Crippen LogP contribution in [-0.4, -0.2) is 65.9 Å². The van der Waals surface area contributed by atoms with Crippen LogP contribution in [-0.2, 0) is 30.0 Å². The molecule has 0 aromatic heterocycles. The van der Waals surface area contributed by atoms with E-state index in [4.69, 9.17) is 0 Å². The van der Waals surface area contributed by atoms with E-state index in [1.54, 1.807) is 4.90 Å². The summed E-state index contributed by atoms with van der Waals surface area (Å²) in [7, 11) is 0. The van der Waals surface area contributed by atoms with E-state index in [-0.39, 0.29) is 37.0 Å². The molecule has 0 saturated carbocycles. The molecule has 1 heterocycles. The van der Waals surface area contributed by atoms with E-state index in [2.05, 4.69) is 23.6 Å². The zero-order valence-electron chi connectivity index (χ0n) is 24.3. The molecule has 1 fully saturated rings. The SMILES string of the molecule is CC(C)N1CCN(C(C(=O)N(CCc2ccccc2)CCc2cc(C(F)(F)F)cc(C(F)(F)F)c2)c2ccccc2)CC1. The van der Waals surface area contributed by atoms with Crippen molar-refractivity contribution in [3.8, 4) is 0 Å². The molecule has 1 saturated heterocycles. The van der Waals surface area contributed by atoms with Crippen LogP contribution in [0.5, 0.6) is 0 Å². The van der Waals surface area contributed by atoms with Crippen LogP contribution in [0.3, 0.4) is 0 Å². The summed E-state index contributed by atoms with van der Waals surface area (Å²) >= 11 is 0. The van der Waals surface area contributed by atoms with Crippen LogP contribution in [0.25, 0.3) is 0 Å². The van der Waals surface area contributed by atoms with Gasteiger partial charge in [0.2, 0.25) is 5.91 Å². The van der Waals surface area contributed by atoms with E-state index in [1.165, 1.54) is 0 Å². The fourth-order valence-corrected chi connectivity index (χ4v) is 5.50. The standard InChI is InChI=1S/C33H37F6N3O/c1-24(2)40-17-19-41(20-18-40)30(27-11-7-4-8-12-27)31(43)42(15-13-25-9-5-3-6-10-25)16-14-26-21-28(32(34,35)36)23-29(22-26)33(37,38)39/h3-12,21-24,30H,13-20H2,1-2H3. The maximum Gasteiger partial charge on any atom is 0.416 e. The summed E-state index contributed by atoms with van der Waals surface area (Å²) in [5.74, 6) is -0.219. The first-order valence-corrected chi connectivity index (χ1v) is 14.5. The van der Waals surface area contributed by atoms with Crippen molar-refractivity contribution in [2.45, 2.75) is 51.1 Å². The van der Waals surface area contributed by atoms with Crippen LogP contribution in [0.15, 0.2) is 78.9 Å². The van der Waals surface area contributed by atoms with Crippen LogP contribution in [0.1, 0.15) is 47.7 Å². The van der Waals surface area contributed by atoms with E-state index < -0.39 is 29.5 Å². The molecule has 3 aromatic carbocycles. The second-order valence-corrected chi connectivity index (χ2v) is 11.2. The maximum absolute atomic E-state index is 14.4. The molecule has 1 aliphatic rings.